The summed E-state index contributed by atoms with van der Waals surface area (Å²) < 4.78 is 40.0. The fourth-order valence-electron chi connectivity index (χ4n) is 5.28. The number of amides is 1. The van der Waals surface area contributed by atoms with E-state index in [0.29, 0.717) is 65.9 Å². The van der Waals surface area contributed by atoms with Gasteiger partial charge in [-0.1, -0.05) is 13.0 Å². The summed E-state index contributed by atoms with van der Waals surface area (Å²) in [6, 6.07) is 15.5. The van der Waals surface area contributed by atoms with Gasteiger partial charge in [0.05, 0.1) is 27.7 Å². The van der Waals surface area contributed by atoms with Crippen molar-refractivity contribution in [1.82, 2.24) is 19.6 Å². The largest absolute Gasteiger partial charge is 0.486 e. The second-order valence-corrected chi connectivity index (χ2v) is 12.6. The highest BCUT2D eigenvalue weighted by atomic mass is 32.2. The summed E-state index contributed by atoms with van der Waals surface area (Å²) in [5.74, 6) is 1.48. The minimum absolute atomic E-state index is 0.157. The maximum Gasteiger partial charge on any atom is 0.252 e. The molecule has 2 aliphatic heterocycles. The van der Waals surface area contributed by atoms with E-state index in [2.05, 4.69) is 17.2 Å². The SMILES string of the molecule is CC1CCN(S(=O)(=O)c2ccc3nc(-c4cccnc4)cc(C(=O)N[C@@H](C)c4ccc5c(c4)OCCO5)c3c2)CC1. The number of fused-ring (bicyclic) bond motifs is 2. The summed E-state index contributed by atoms with van der Waals surface area (Å²) in [6.07, 6.45) is 5.01. The molecular weight excluding hydrogens is 540 g/mol. The molecule has 2 aliphatic rings. The lowest BCUT2D eigenvalue weighted by Crippen LogP contribution is -2.37. The number of carbonyl (C=O) groups excluding carboxylic acids is 1. The van der Waals surface area contributed by atoms with Gasteiger partial charge >= 0.3 is 0 Å². The Bertz CT molecular complexity index is 1700. The molecule has 1 amide bonds. The van der Waals surface area contributed by atoms with Crippen molar-refractivity contribution in [2.45, 2.75) is 37.6 Å². The molecule has 9 nitrogen and oxygen atoms in total. The summed E-state index contributed by atoms with van der Waals surface area (Å²) in [5.41, 5.74) is 3.04. The molecule has 6 rings (SSSR count). The first-order chi connectivity index (χ1) is 19.8. The molecule has 2 aromatic heterocycles. The van der Waals surface area contributed by atoms with Crippen LogP contribution in [-0.4, -0.2) is 54.9 Å². The fraction of sp³-hybridized carbons (Fsp3) is 0.323. The highest BCUT2D eigenvalue weighted by Crippen LogP contribution is 2.33. The van der Waals surface area contributed by atoms with Crippen LogP contribution >= 0.6 is 0 Å². The summed E-state index contributed by atoms with van der Waals surface area (Å²) in [4.78, 5) is 23.0. The van der Waals surface area contributed by atoms with Gasteiger partial charge in [0.2, 0.25) is 10.0 Å². The molecule has 2 aromatic carbocycles. The Hall–Kier alpha value is -4.02. The number of carbonyl (C=O) groups is 1. The van der Waals surface area contributed by atoms with Gasteiger partial charge in [-0.2, -0.15) is 4.31 Å². The molecule has 1 saturated heterocycles. The third-order valence-corrected chi connectivity index (χ3v) is 9.67. The normalized spacial score (nSPS) is 16.8. The molecule has 0 aliphatic carbocycles. The number of hydrogen-bond acceptors (Lipinski definition) is 7. The van der Waals surface area contributed by atoms with Crippen molar-refractivity contribution in [2.24, 2.45) is 5.92 Å². The molecule has 10 heteroatoms. The van der Waals surface area contributed by atoms with Crippen LogP contribution in [0.4, 0.5) is 0 Å². The van der Waals surface area contributed by atoms with Crippen LogP contribution < -0.4 is 14.8 Å². The predicted octanol–water partition coefficient (Wildman–Crippen LogP) is 4.98. The van der Waals surface area contributed by atoms with Crippen LogP contribution in [0.15, 0.2) is 71.9 Å². The molecule has 0 bridgehead atoms. The molecule has 4 aromatic rings. The molecule has 0 saturated carbocycles. The first kappa shape index (κ1) is 27.2. The van der Waals surface area contributed by atoms with E-state index in [4.69, 9.17) is 14.5 Å². The zero-order chi connectivity index (χ0) is 28.6. The van der Waals surface area contributed by atoms with E-state index in [9.17, 15) is 13.2 Å². The number of sulfonamides is 1. The van der Waals surface area contributed by atoms with E-state index in [-0.39, 0.29) is 16.8 Å². The molecule has 41 heavy (non-hydrogen) atoms. The topological polar surface area (TPSA) is 111 Å². The maximum atomic E-state index is 13.8. The van der Waals surface area contributed by atoms with Crippen molar-refractivity contribution < 1.29 is 22.7 Å². The predicted molar refractivity (Wildman–Crippen MR) is 155 cm³/mol. The number of hydrogen-bond donors (Lipinski definition) is 1. The molecule has 4 heterocycles. The third kappa shape index (κ3) is 5.49. The van der Waals surface area contributed by atoms with E-state index < -0.39 is 10.0 Å². The van der Waals surface area contributed by atoms with Crippen molar-refractivity contribution in [3.05, 3.63) is 78.1 Å². The van der Waals surface area contributed by atoms with Gasteiger partial charge in [-0.05, 0) is 79.8 Å². The number of ether oxygens (including phenoxy) is 2. The summed E-state index contributed by atoms with van der Waals surface area (Å²) >= 11 is 0. The first-order valence-electron chi connectivity index (χ1n) is 13.9. The average molecular weight is 573 g/mol. The van der Waals surface area contributed by atoms with Gasteiger partial charge in [-0.3, -0.25) is 9.78 Å². The quantitative estimate of drug-likeness (QED) is 0.347. The number of nitrogens with one attached hydrogen (secondary N) is 1. The van der Waals surface area contributed by atoms with Gasteiger partial charge in [-0.15, -0.1) is 0 Å². The summed E-state index contributed by atoms with van der Waals surface area (Å²) in [6.45, 7) is 5.98. The molecule has 1 atom stereocenters. The van der Waals surface area contributed by atoms with Crippen LogP contribution in [0.3, 0.4) is 0 Å². The Balaban J connectivity index is 1.38. The van der Waals surface area contributed by atoms with Gasteiger partial charge in [0.25, 0.3) is 5.91 Å². The highest BCUT2D eigenvalue weighted by Gasteiger charge is 2.29. The number of pyridine rings is 2. The Morgan fingerprint density at radius 3 is 2.56 bits per heavy atom. The van der Waals surface area contributed by atoms with Gasteiger partial charge in [0, 0.05) is 36.4 Å². The van der Waals surface area contributed by atoms with Crippen LogP contribution in [0, 0.1) is 5.92 Å². The number of rotatable bonds is 6. The van der Waals surface area contributed by atoms with Crippen molar-refractivity contribution in [1.29, 1.82) is 0 Å². The Kier molecular flexibility index (Phi) is 7.35. The van der Waals surface area contributed by atoms with E-state index in [0.717, 1.165) is 24.0 Å². The zero-order valence-corrected chi connectivity index (χ0v) is 23.9. The van der Waals surface area contributed by atoms with Gasteiger partial charge in [-0.25, -0.2) is 13.4 Å². The van der Waals surface area contributed by atoms with Crippen LogP contribution in [0.5, 0.6) is 11.5 Å². The van der Waals surface area contributed by atoms with Crippen molar-refractivity contribution in [3.63, 3.8) is 0 Å². The Morgan fingerprint density at radius 2 is 1.80 bits per heavy atom. The van der Waals surface area contributed by atoms with Crippen molar-refractivity contribution >= 4 is 26.8 Å². The summed E-state index contributed by atoms with van der Waals surface area (Å²) in [5, 5.41) is 3.55. The van der Waals surface area contributed by atoms with Gasteiger partial charge < -0.3 is 14.8 Å². The van der Waals surface area contributed by atoms with Crippen LogP contribution in [-0.2, 0) is 10.0 Å². The third-order valence-electron chi connectivity index (χ3n) is 7.78. The van der Waals surface area contributed by atoms with Crippen LogP contribution in [0.1, 0.15) is 48.7 Å². The first-order valence-corrected chi connectivity index (χ1v) is 15.3. The van der Waals surface area contributed by atoms with E-state index in [1.165, 1.54) is 4.31 Å². The number of piperidine rings is 1. The van der Waals surface area contributed by atoms with Crippen molar-refractivity contribution in [2.75, 3.05) is 26.3 Å². The molecule has 0 spiro atoms. The second kappa shape index (κ2) is 11.1. The molecule has 212 valence electrons. The molecule has 0 unspecified atom stereocenters. The molecule has 1 N–H and O–H groups in total. The number of aromatic nitrogens is 2. The molecule has 0 radical (unpaired) electrons. The average Bonchev–Trinajstić information content (AvgIpc) is 3.00. The lowest BCUT2D eigenvalue weighted by atomic mass is 10.0. The summed E-state index contributed by atoms with van der Waals surface area (Å²) in [7, 11) is -3.72. The van der Waals surface area contributed by atoms with Crippen LogP contribution in [0.25, 0.3) is 22.2 Å². The van der Waals surface area contributed by atoms with E-state index in [1.54, 1.807) is 42.7 Å². The van der Waals surface area contributed by atoms with Gasteiger partial charge in [0.15, 0.2) is 11.5 Å². The Morgan fingerprint density at radius 1 is 1.02 bits per heavy atom. The maximum absolute atomic E-state index is 13.8. The number of benzene rings is 2. The lowest BCUT2D eigenvalue weighted by Gasteiger charge is -2.29. The smallest absolute Gasteiger partial charge is 0.252 e. The number of nitrogens with zero attached hydrogens (tertiary/aromatic N) is 3. The molecular formula is C31H32N4O5S. The minimum atomic E-state index is -3.72. The van der Waals surface area contributed by atoms with E-state index in [1.807, 2.05) is 31.2 Å². The molecule has 1 fully saturated rings. The Labute approximate surface area is 239 Å². The lowest BCUT2D eigenvalue weighted by molar-refractivity contribution is 0.0941. The monoisotopic (exact) mass is 572 g/mol. The minimum Gasteiger partial charge on any atom is -0.486 e. The van der Waals surface area contributed by atoms with Crippen LogP contribution in [0.2, 0.25) is 0 Å². The fourth-order valence-corrected chi connectivity index (χ4v) is 6.77. The van der Waals surface area contributed by atoms with Crippen molar-refractivity contribution in [3.8, 4) is 22.8 Å². The standard InChI is InChI=1S/C31H32N4O5S/c1-20-9-12-35(13-10-20)41(37,38)24-6-7-27-25(17-24)26(18-28(34-27)23-4-3-11-32-19-23)31(36)33-21(2)22-5-8-29-30(16-22)40-15-14-39-29/h3-8,11,16-21H,9-10,12-15H2,1-2H3,(H,33,36)/t21-/m0/s1. The van der Waals surface area contributed by atoms with Gasteiger partial charge in [0.1, 0.15) is 13.2 Å². The second-order valence-electron chi connectivity index (χ2n) is 10.7. The zero-order valence-electron chi connectivity index (χ0n) is 23.0. The highest BCUT2D eigenvalue weighted by molar-refractivity contribution is 7.89. The van der Waals surface area contributed by atoms with E-state index >= 15 is 0 Å².